The zero-order valence-corrected chi connectivity index (χ0v) is 24.2. The largest absolute Gasteiger partial charge is 0.471 e. The van der Waals surface area contributed by atoms with Crippen LogP contribution >= 0.6 is 11.6 Å². The number of methoxy groups -OCH3 is 1. The lowest BCUT2D eigenvalue weighted by molar-refractivity contribution is -0.117. The Morgan fingerprint density at radius 2 is 1.82 bits per heavy atom. The summed E-state index contributed by atoms with van der Waals surface area (Å²) in [6, 6.07) is 10.5. The van der Waals surface area contributed by atoms with Gasteiger partial charge in [0.2, 0.25) is 5.88 Å². The molecule has 13 heteroatoms. The van der Waals surface area contributed by atoms with E-state index in [9.17, 15) is 14.0 Å². The van der Waals surface area contributed by atoms with Gasteiger partial charge in [-0.25, -0.2) is 27.9 Å². The molecule has 0 aliphatic carbocycles. The van der Waals surface area contributed by atoms with Crippen molar-refractivity contribution >= 4 is 29.2 Å². The highest BCUT2D eigenvalue weighted by Gasteiger charge is 2.21. The van der Waals surface area contributed by atoms with Gasteiger partial charge in [0.05, 0.1) is 23.9 Å². The van der Waals surface area contributed by atoms with Crippen molar-refractivity contribution in [3.63, 3.8) is 0 Å². The van der Waals surface area contributed by atoms with Gasteiger partial charge >= 0.3 is 5.97 Å². The lowest BCUT2D eigenvalue weighted by Crippen LogP contribution is -2.34. The Labute approximate surface area is 255 Å². The van der Waals surface area contributed by atoms with Crippen LogP contribution in [0.2, 0.25) is 5.02 Å². The normalized spacial score (nSPS) is 14.1. The van der Waals surface area contributed by atoms with E-state index >= 15 is 8.78 Å². The molecule has 0 amide bonds. The third-order valence-corrected chi connectivity index (χ3v) is 7.02. The van der Waals surface area contributed by atoms with Crippen LogP contribution in [-0.4, -0.2) is 53.1 Å². The van der Waals surface area contributed by atoms with Crippen molar-refractivity contribution in [1.29, 1.82) is 0 Å². The summed E-state index contributed by atoms with van der Waals surface area (Å²) in [4.78, 5) is 37.3. The molecule has 3 aromatic heterocycles. The first-order chi connectivity index (χ1) is 21.2. The average molecular weight is 627 g/mol. The van der Waals surface area contributed by atoms with Crippen molar-refractivity contribution < 1.29 is 37.0 Å². The number of pyridine rings is 3. The number of hydrogen-bond acceptors (Lipinski definition) is 9. The second-order valence-corrected chi connectivity index (χ2v) is 10.3. The molecular weight excluding hydrogens is 601 g/mol. The molecular formula is C31H26ClF3N4O5. The second-order valence-electron chi connectivity index (χ2n) is 9.91. The monoisotopic (exact) mass is 626 g/mol. The summed E-state index contributed by atoms with van der Waals surface area (Å²) >= 11 is 5.71. The van der Waals surface area contributed by atoms with Crippen LogP contribution in [0, 0.1) is 17.5 Å². The van der Waals surface area contributed by atoms with E-state index in [1.54, 1.807) is 6.07 Å². The fraction of sp³-hybridized carbons (Fsp3) is 0.258. The summed E-state index contributed by atoms with van der Waals surface area (Å²) in [5.41, 5.74) is 0.328. The highest BCUT2D eigenvalue weighted by molar-refractivity contribution is 6.30. The molecule has 1 fully saturated rings. The number of anilines is 1. The zero-order valence-electron chi connectivity index (χ0n) is 23.4. The molecule has 1 N–H and O–H groups in total. The number of hydrogen-bond donors (Lipinski definition) is 1. The van der Waals surface area contributed by atoms with Gasteiger partial charge < -0.3 is 19.5 Å². The van der Waals surface area contributed by atoms with Crippen molar-refractivity contribution in [2.45, 2.75) is 32.0 Å². The number of halogens is 4. The van der Waals surface area contributed by atoms with Crippen LogP contribution in [0.3, 0.4) is 0 Å². The molecule has 4 aromatic rings. The number of ketones is 1. The molecule has 1 aliphatic heterocycles. The minimum atomic E-state index is -0.796. The van der Waals surface area contributed by atoms with Crippen LogP contribution in [0.5, 0.6) is 5.88 Å². The van der Waals surface area contributed by atoms with Crippen LogP contribution in [0.1, 0.15) is 33.7 Å². The molecule has 4 heterocycles. The summed E-state index contributed by atoms with van der Waals surface area (Å²) in [6.45, 7) is 0.825. The number of benzene rings is 1. The van der Waals surface area contributed by atoms with Crippen molar-refractivity contribution in [2.24, 2.45) is 0 Å². The Bertz CT molecular complexity index is 1700. The van der Waals surface area contributed by atoms with Gasteiger partial charge in [-0.15, -0.1) is 0 Å². The molecule has 0 bridgehead atoms. The van der Waals surface area contributed by atoms with Crippen molar-refractivity contribution in [3.8, 4) is 17.1 Å². The molecule has 1 saturated heterocycles. The van der Waals surface area contributed by atoms with Gasteiger partial charge in [0, 0.05) is 49.4 Å². The van der Waals surface area contributed by atoms with E-state index in [0.29, 0.717) is 24.5 Å². The number of Topliss-reactive ketones (excluding diaryl/α,β-unsaturated/α-hetero) is 1. The van der Waals surface area contributed by atoms with Crippen molar-refractivity contribution in [2.75, 3.05) is 25.6 Å². The fourth-order valence-electron chi connectivity index (χ4n) is 4.40. The highest BCUT2D eigenvalue weighted by atomic mass is 35.5. The molecule has 1 aliphatic rings. The van der Waals surface area contributed by atoms with E-state index in [1.807, 2.05) is 0 Å². The van der Waals surface area contributed by atoms with Crippen molar-refractivity contribution in [1.82, 2.24) is 15.0 Å². The molecule has 0 radical (unpaired) electrons. The van der Waals surface area contributed by atoms with E-state index in [1.165, 1.54) is 37.6 Å². The molecule has 1 atom stereocenters. The molecule has 0 saturated carbocycles. The summed E-state index contributed by atoms with van der Waals surface area (Å²) in [7, 11) is 1.24. The third kappa shape index (κ3) is 7.50. The number of nitrogens with zero attached hydrogens (tertiary/aromatic N) is 3. The summed E-state index contributed by atoms with van der Waals surface area (Å²) in [5, 5.41) is 3.24. The zero-order chi connectivity index (χ0) is 31.2. The van der Waals surface area contributed by atoms with Crippen LogP contribution in [-0.2, 0) is 33.7 Å². The SMILES string of the molecule is COC(=O)c1ccc(CC(=O)Cc2cc(F)c(-c3cccc(OCc4ncc(Cl)cc4F)n3)cc2F)c(NC[C@@H]2CCO2)n1. The lowest BCUT2D eigenvalue weighted by atomic mass is 10.00. The smallest absolute Gasteiger partial charge is 0.356 e. The standard InChI is InChI=1S/C31H26ClF3N4O5/c1-42-31(41)27-6-5-17(30(39-27)37-15-21-7-8-43-21)9-20(40)10-18-11-24(34)22(13-23(18)33)26-3-2-4-29(38-26)44-16-28-25(35)12-19(32)14-36-28/h2-6,11-14,21H,7-10,15-16H2,1H3,(H,37,39)/t21-/m0/s1. The molecule has 0 unspecified atom stereocenters. The Morgan fingerprint density at radius 3 is 2.55 bits per heavy atom. The van der Waals surface area contributed by atoms with Gasteiger partial charge in [0.1, 0.15) is 41.4 Å². The van der Waals surface area contributed by atoms with Gasteiger partial charge in [0.25, 0.3) is 0 Å². The number of rotatable bonds is 12. The summed E-state index contributed by atoms with van der Waals surface area (Å²) < 4.78 is 60.0. The summed E-state index contributed by atoms with van der Waals surface area (Å²) in [5.74, 6) is -2.94. The molecule has 9 nitrogen and oxygen atoms in total. The van der Waals surface area contributed by atoms with Gasteiger partial charge in [-0.05, 0) is 42.3 Å². The first-order valence-electron chi connectivity index (χ1n) is 13.5. The third-order valence-electron chi connectivity index (χ3n) is 6.82. The molecule has 0 spiro atoms. The van der Waals surface area contributed by atoms with Crippen LogP contribution in [0.4, 0.5) is 19.0 Å². The predicted octanol–water partition coefficient (Wildman–Crippen LogP) is 5.53. The van der Waals surface area contributed by atoms with Gasteiger partial charge in [-0.2, -0.15) is 0 Å². The Kier molecular flexibility index (Phi) is 9.71. The quantitative estimate of drug-likeness (QED) is 0.203. The van der Waals surface area contributed by atoms with Crippen LogP contribution in [0.15, 0.2) is 54.7 Å². The fourth-order valence-corrected chi connectivity index (χ4v) is 4.55. The maximum absolute atomic E-state index is 15.2. The van der Waals surface area contributed by atoms with Gasteiger partial charge in [-0.3, -0.25) is 9.78 Å². The van der Waals surface area contributed by atoms with E-state index in [2.05, 4.69) is 20.3 Å². The number of nitrogens with one attached hydrogen (secondary N) is 1. The minimum absolute atomic E-state index is 0.00156. The highest BCUT2D eigenvalue weighted by Crippen LogP contribution is 2.27. The number of aromatic nitrogens is 3. The molecule has 5 rings (SSSR count). The predicted molar refractivity (Wildman–Crippen MR) is 154 cm³/mol. The minimum Gasteiger partial charge on any atom is -0.471 e. The first-order valence-corrected chi connectivity index (χ1v) is 13.9. The lowest BCUT2D eigenvalue weighted by Gasteiger charge is -2.27. The van der Waals surface area contributed by atoms with Crippen LogP contribution < -0.4 is 10.1 Å². The Balaban J connectivity index is 1.28. The van der Waals surface area contributed by atoms with Crippen LogP contribution in [0.25, 0.3) is 11.3 Å². The second kappa shape index (κ2) is 13.8. The van der Waals surface area contributed by atoms with E-state index in [0.717, 1.165) is 24.6 Å². The number of esters is 1. The Morgan fingerprint density at radius 1 is 1.02 bits per heavy atom. The number of carbonyl (C=O) groups excluding carboxylic acids is 2. The molecule has 228 valence electrons. The number of ether oxygens (including phenoxy) is 3. The van der Waals surface area contributed by atoms with E-state index < -0.39 is 29.2 Å². The van der Waals surface area contributed by atoms with Gasteiger partial charge in [-0.1, -0.05) is 23.7 Å². The number of carbonyl (C=O) groups is 2. The average Bonchev–Trinajstić information content (AvgIpc) is 2.98. The molecule has 44 heavy (non-hydrogen) atoms. The van der Waals surface area contributed by atoms with Gasteiger partial charge in [0.15, 0.2) is 5.69 Å². The topological polar surface area (TPSA) is 113 Å². The van der Waals surface area contributed by atoms with E-state index in [4.69, 9.17) is 25.8 Å². The first kappa shape index (κ1) is 30.9. The van der Waals surface area contributed by atoms with E-state index in [-0.39, 0.29) is 64.7 Å². The maximum Gasteiger partial charge on any atom is 0.356 e. The maximum atomic E-state index is 15.2. The summed E-state index contributed by atoms with van der Waals surface area (Å²) in [6.07, 6.45) is 1.60. The molecule has 1 aromatic carbocycles. The Hall–Kier alpha value is -4.55. The van der Waals surface area contributed by atoms with Crippen molar-refractivity contribution in [3.05, 3.63) is 99.7 Å².